The van der Waals surface area contributed by atoms with Gasteiger partial charge in [0.2, 0.25) is 0 Å². The number of aliphatic hydroxyl groups is 1. The lowest BCUT2D eigenvalue weighted by atomic mass is 10.1. The number of aliphatic hydroxyl groups excluding tert-OH is 1. The van der Waals surface area contributed by atoms with Crippen LogP contribution in [0.2, 0.25) is 0 Å². The Balaban J connectivity index is 2.37. The summed E-state index contributed by atoms with van der Waals surface area (Å²) in [5.41, 5.74) is 6.92. The Bertz CT molecular complexity index is 523. The zero-order chi connectivity index (χ0) is 12.8. The van der Waals surface area contributed by atoms with Crippen molar-refractivity contribution >= 4 is 9.84 Å². The van der Waals surface area contributed by atoms with Crippen LogP contribution in [-0.4, -0.2) is 37.2 Å². The van der Waals surface area contributed by atoms with Gasteiger partial charge in [0.25, 0.3) is 0 Å². The summed E-state index contributed by atoms with van der Waals surface area (Å²) < 4.78 is 23.3. The average molecular weight is 255 g/mol. The molecule has 3 atom stereocenters. The lowest BCUT2D eigenvalue weighted by Gasteiger charge is -2.06. The highest BCUT2D eigenvalue weighted by atomic mass is 32.2. The van der Waals surface area contributed by atoms with Crippen LogP contribution in [0.1, 0.15) is 17.0 Å². The van der Waals surface area contributed by atoms with E-state index in [9.17, 15) is 13.5 Å². The molecule has 0 amide bonds. The Morgan fingerprint density at radius 1 is 1.35 bits per heavy atom. The maximum atomic E-state index is 11.6. The number of hydrogen-bond donors (Lipinski definition) is 2. The smallest absolute Gasteiger partial charge is 0.152 e. The van der Waals surface area contributed by atoms with Crippen molar-refractivity contribution in [2.24, 2.45) is 5.73 Å². The highest BCUT2D eigenvalue weighted by Gasteiger charge is 2.67. The summed E-state index contributed by atoms with van der Waals surface area (Å²) >= 11 is 0. The lowest BCUT2D eigenvalue weighted by molar-refractivity contribution is 0.253. The summed E-state index contributed by atoms with van der Waals surface area (Å²) in [6.45, 7) is 1.65. The molecule has 17 heavy (non-hydrogen) atoms. The summed E-state index contributed by atoms with van der Waals surface area (Å²) in [6.07, 6.45) is 1.17. The van der Waals surface area contributed by atoms with Crippen molar-refractivity contribution in [3.8, 4) is 0 Å². The van der Waals surface area contributed by atoms with Crippen LogP contribution in [0, 0.1) is 6.92 Å². The Morgan fingerprint density at radius 3 is 2.24 bits per heavy atom. The molecule has 0 saturated heterocycles. The molecular formula is C12H17NO3S. The third-order valence-electron chi connectivity index (χ3n) is 3.47. The standard InChI is InChI=1S/C12H17NO3S/c1-8-3-5-9(6-4-8)10-11(17(2,15)16)12(10,13)7-14/h3-6,10-11,14H,7,13H2,1-2H3/t10-,11-,12+/m1/s1. The molecule has 0 radical (unpaired) electrons. The van der Waals surface area contributed by atoms with Gasteiger partial charge in [0, 0.05) is 12.2 Å². The van der Waals surface area contributed by atoms with Crippen LogP contribution in [0.4, 0.5) is 0 Å². The molecule has 0 spiro atoms. The van der Waals surface area contributed by atoms with Crippen molar-refractivity contribution in [1.82, 2.24) is 0 Å². The summed E-state index contributed by atoms with van der Waals surface area (Å²) in [5, 5.41) is 8.62. The van der Waals surface area contributed by atoms with Crippen molar-refractivity contribution in [3.63, 3.8) is 0 Å². The fourth-order valence-corrected chi connectivity index (χ4v) is 4.36. The molecule has 1 aromatic carbocycles. The van der Waals surface area contributed by atoms with E-state index in [-0.39, 0.29) is 12.5 Å². The molecule has 0 bridgehead atoms. The minimum absolute atomic E-state index is 0.303. The normalized spacial score (nSPS) is 32.5. The van der Waals surface area contributed by atoms with E-state index in [1.807, 2.05) is 31.2 Å². The first-order valence-corrected chi connectivity index (χ1v) is 7.41. The molecule has 1 aromatic rings. The van der Waals surface area contributed by atoms with Crippen LogP contribution in [0.15, 0.2) is 24.3 Å². The SMILES string of the molecule is Cc1ccc([C@@H]2[C@@H](S(C)(=O)=O)[C@]2(N)CO)cc1. The van der Waals surface area contributed by atoms with Gasteiger partial charge >= 0.3 is 0 Å². The molecule has 5 heteroatoms. The van der Waals surface area contributed by atoms with Crippen molar-refractivity contribution in [3.05, 3.63) is 35.4 Å². The predicted octanol–water partition coefficient (Wildman–Crippen LogP) is 0.195. The van der Waals surface area contributed by atoms with Gasteiger partial charge in [-0.05, 0) is 12.5 Å². The summed E-state index contributed by atoms with van der Waals surface area (Å²) in [4.78, 5) is 0. The van der Waals surface area contributed by atoms with Crippen LogP contribution in [0.3, 0.4) is 0 Å². The van der Waals surface area contributed by atoms with E-state index in [0.29, 0.717) is 0 Å². The zero-order valence-corrected chi connectivity index (χ0v) is 10.7. The van der Waals surface area contributed by atoms with Crippen LogP contribution < -0.4 is 5.73 Å². The molecule has 0 unspecified atom stereocenters. The number of aryl methyl sites for hydroxylation is 1. The maximum Gasteiger partial charge on any atom is 0.152 e. The van der Waals surface area contributed by atoms with Crippen molar-refractivity contribution in [2.45, 2.75) is 23.6 Å². The highest BCUT2D eigenvalue weighted by Crippen LogP contribution is 2.53. The van der Waals surface area contributed by atoms with Gasteiger partial charge in [-0.1, -0.05) is 29.8 Å². The highest BCUT2D eigenvalue weighted by molar-refractivity contribution is 7.91. The van der Waals surface area contributed by atoms with Crippen molar-refractivity contribution < 1.29 is 13.5 Å². The quantitative estimate of drug-likeness (QED) is 0.808. The zero-order valence-electron chi connectivity index (χ0n) is 9.92. The topological polar surface area (TPSA) is 80.4 Å². The van der Waals surface area contributed by atoms with E-state index in [4.69, 9.17) is 5.73 Å². The molecule has 3 N–H and O–H groups in total. The van der Waals surface area contributed by atoms with Crippen molar-refractivity contribution in [2.75, 3.05) is 12.9 Å². The molecule has 0 aromatic heterocycles. The second-order valence-electron chi connectivity index (χ2n) is 4.91. The van der Waals surface area contributed by atoms with Crippen LogP contribution in [-0.2, 0) is 9.84 Å². The van der Waals surface area contributed by atoms with E-state index in [1.54, 1.807) is 0 Å². The molecule has 1 aliphatic carbocycles. The van der Waals surface area contributed by atoms with E-state index >= 15 is 0 Å². The third-order valence-corrected chi connectivity index (χ3v) is 5.11. The number of hydrogen-bond acceptors (Lipinski definition) is 4. The molecule has 0 heterocycles. The van der Waals surface area contributed by atoms with Crippen molar-refractivity contribution in [1.29, 1.82) is 0 Å². The Hall–Kier alpha value is -0.910. The van der Waals surface area contributed by atoms with E-state index in [0.717, 1.165) is 11.1 Å². The first kappa shape index (κ1) is 12.5. The Labute approximate surface area is 101 Å². The van der Waals surface area contributed by atoms with Gasteiger partial charge in [-0.15, -0.1) is 0 Å². The lowest BCUT2D eigenvalue weighted by Crippen LogP contribution is -2.34. The largest absolute Gasteiger partial charge is 0.394 e. The van der Waals surface area contributed by atoms with Crippen LogP contribution in [0.5, 0.6) is 0 Å². The average Bonchev–Trinajstić information content (AvgIpc) is 2.87. The number of nitrogens with two attached hydrogens (primary N) is 1. The van der Waals surface area contributed by atoms with Gasteiger partial charge in [0.05, 0.1) is 17.4 Å². The molecule has 2 rings (SSSR count). The second-order valence-corrected chi connectivity index (χ2v) is 7.08. The molecule has 1 fully saturated rings. The molecule has 94 valence electrons. The molecule has 4 nitrogen and oxygen atoms in total. The van der Waals surface area contributed by atoms with E-state index in [2.05, 4.69) is 0 Å². The number of sulfone groups is 1. The van der Waals surface area contributed by atoms with Gasteiger partial charge in [-0.2, -0.15) is 0 Å². The molecule has 0 aliphatic heterocycles. The first-order valence-electron chi connectivity index (χ1n) is 5.46. The van der Waals surface area contributed by atoms with Gasteiger partial charge < -0.3 is 10.8 Å². The molecule has 1 saturated carbocycles. The number of benzene rings is 1. The summed E-state index contributed by atoms with van der Waals surface area (Å²) in [6, 6.07) is 7.60. The van der Waals surface area contributed by atoms with Gasteiger partial charge in [-0.25, -0.2) is 8.42 Å². The van der Waals surface area contributed by atoms with Crippen LogP contribution >= 0.6 is 0 Å². The van der Waals surface area contributed by atoms with Gasteiger partial charge in [-0.3, -0.25) is 0 Å². The third kappa shape index (κ3) is 1.99. The summed E-state index contributed by atoms with van der Waals surface area (Å²) in [5.74, 6) is -0.303. The first-order chi connectivity index (χ1) is 7.80. The minimum Gasteiger partial charge on any atom is -0.394 e. The summed E-state index contributed by atoms with van der Waals surface area (Å²) in [7, 11) is -3.24. The maximum absolute atomic E-state index is 11.6. The van der Waals surface area contributed by atoms with E-state index < -0.39 is 20.6 Å². The fourth-order valence-electron chi connectivity index (χ4n) is 2.52. The number of rotatable bonds is 3. The molecular weight excluding hydrogens is 238 g/mol. The van der Waals surface area contributed by atoms with E-state index in [1.165, 1.54) is 6.26 Å². The monoisotopic (exact) mass is 255 g/mol. The predicted molar refractivity (Wildman–Crippen MR) is 66.6 cm³/mol. The fraction of sp³-hybridized carbons (Fsp3) is 0.500. The Morgan fingerprint density at radius 2 is 1.88 bits per heavy atom. The minimum atomic E-state index is -3.24. The Kier molecular flexibility index (Phi) is 2.80. The van der Waals surface area contributed by atoms with Gasteiger partial charge in [0.15, 0.2) is 9.84 Å². The van der Waals surface area contributed by atoms with Gasteiger partial charge in [0.1, 0.15) is 0 Å². The molecule has 1 aliphatic rings. The second kappa shape index (κ2) is 3.80. The van der Waals surface area contributed by atoms with Crippen LogP contribution in [0.25, 0.3) is 0 Å².